The third-order valence-electron chi connectivity index (χ3n) is 6.59. The maximum atomic E-state index is 12.7. The first-order chi connectivity index (χ1) is 10.4. The molecule has 6 atom stereocenters. The number of carbonyl (C=O) groups excluding carboxylic acids is 4. The summed E-state index contributed by atoms with van der Waals surface area (Å²) in [4.78, 5) is 49.8. The molecule has 0 aromatic carbocycles. The largest absolute Gasteiger partial charge is 0.296 e. The van der Waals surface area contributed by atoms with Crippen molar-refractivity contribution in [1.82, 2.24) is 10.6 Å². The molecule has 0 aromatic heterocycles. The van der Waals surface area contributed by atoms with Gasteiger partial charge in [0.25, 0.3) is 0 Å². The summed E-state index contributed by atoms with van der Waals surface area (Å²) < 4.78 is 0. The second kappa shape index (κ2) is 3.86. The maximum Gasteiger partial charge on any atom is 0.234 e. The third-order valence-corrected chi connectivity index (χ3v) is 6.59. The molecule has 2 saturated heterocycles. The maximum absolute atomic E-state index is 12.7. The first-order valence-corrected chi connectivity index (χ1v) is 7.84. The van der Waals surface area contributed by atoms with Gasteiger partial charge in [-0.1, -0.05) is 26.0 Å². The van der Waals surface area contributed by atoms with Gasteiger partial charge in [-0.2, -0.15) is 0 Å². The predicted molar refractivity (Wildman–Crippen MR) is 74.8 cm³/mol. The van der Waals surface area contributed by atoms with Crippen LogP contribution in [0.4, 0.5) is 0 Å². The molecule has 2 bridgehead atoms. The lowest BCUT2D eigenvalue weighted by Gasteiger charge is -2.60. The van der Waals surface area contributed by atoms with Crippen molar-refractivity contribution >= 4 is 23.6 Å². The number of imide groups is 2. The molecule has 22 heavy (non-hydrogen) atoms. The zero-order valence-corrected chi connectivity index (χ0v) is 12.5. The first-order valence-electron chi connectivity index (χ1n) is 7.84. The van der Waals surface area contributed by atoms with Crippen LogP contribution in [-0.2, 0) is 19.2 Å². The highest BCUT2D eigenvalue weighted by Gasteiger charge is 2.77. The van der Waals surface area contributed by atoms with Gasteiger partial charge in [0.15, 0.2) is 0 Å². The Kier molecular flexibility index (Phi) is 2.40. The highest BCUT2D eigenvalue weighted by molar-refractivity contribution is 6.13. The summed E-state index contributed by atoms with van der Waals surface area (Å²) in [6.07, 6.45) is 4.85. The van der Waals surface area contributed by atoms with E-state index in [2.05, 4.69) is 10.6 Å². The molecule has 6 nitrogen and oxygen atoms in total. The van der Waals surface area contributed by atoms with Crippen LogP contribution >= 0.6 is 0 Å². The van der Waals surface area contributed by atoms with E-state index in [1.165, 1.54) is 0 Å². The minimum absolute atomic E-state index is 0.285. The van der Waals surface area contributed by atoms with Crippen molar-refractivity contribution in [1.29, 1.82) is 0 Å². The molecule has 5 aliphatic rings. The SMILES string of the molecule is CCC12C=CC(C3C(=O)NC(=O)C31)C1C(=O)NC(=O)C12CC. The van der Waals surface area contributed by atoms with Crippen molar-refractivity contribution < 1.29 is 19.2 Å². The molecule has 0 aromatic rings. The molecule has 6 heteroatoms. The topological polar surface area (TPSA) is 92.3 Å². The van der Waals surface area contributed by atoms with E-state index < -0.39 is 28.6 Å². The fourth-order valence-corrected chi connectivity index (χ4v) is 5.83. The smallest absolute Gasteiger partial charge is 0.234 e. The van der Waals surface area contributed by atoms with E-state index in [0.717, 1.165) is 0 Å². The van der Waals surface area contributed by atoms with Crippen molar-refractivity contribution in [3.63, 3.8) is 0 Å². The van der Waals surface area contributed by atoms with E-state index in [-0.39, 0.29) is 29.5 Å². The number of hydrogen-bond acceptors (Lipinski definition) is 4. The second-order valence-electron chi connectivity index (χ2n) is 6.81. The van der Waals surface area contributed by atoms with Crippen molar-refractivity contribution in [3.05, 3.63) is 12.2 Å². The van der Waals surface area contributed by atoms with Gasteiger partial charge in [0.05, 0.1) is 23.2 Å². The molecule has 0 spiro atoms. The Labute approximate surface area is 127 Å². The number of carbonyl (C=O) groups is 4. The Balaban J connectivity index is 2.04. The van der Waals surface area contributed by atoms with E-state index in [1.807, 2.05) is 26.0 Å². The predicted octanol–water partition coefficient (Wildman–Crippen LogP) is 0.140. The Hall–Kier alpha value is -1.98. The fraction of sp³-hybridized carbons (Fsp3) is 0.625. The van der Waals surface area contributed by atoms with Crippen LogP contribution in [0.15, 0.2) is 12.2 Å². The van der Waals surface area contributed by atoms with Gasteiger partial charge in [0, 0.05) is 11.3 Å². The van der Waals surface area contributed by atoms with Crippen molar-refractivity contribution in [2.45, 2.75) is 26.7 Å². The van der Waals surface area contributed by atoms with Crippen LogP contribution in [0.25, 0.3) is 0 Å². The molecule has 2 heterocycles. The van der Waals surface area contributed by atoms with E-state index in [1.54, 1.807) is 0 Å². The van der Waals surface area contributed by atoms with Gasteiger partial charge in [0.2, 0.25) is 23.6 Å². The molecule has 1 saturated carbocycles. The van der Waals surface area contributed by atoms with E-state index in [9.17, 15) is 19.2 Å². The Morgan fingerprint density at radius 1 is 0.955 bits per heavy atom. The number of nitrogens with one attached hydrogen (secondary N) is 2. The molecule has 2 aliphatic heterocycles. The van der Waals surface area contributed by atoms with Crippen LogP contribution in [0.5, 0.6) is 0 Å². The monoisotopic (exact) mass is 302 g/mol. The summed E-state index contributed by atoms with van der Waals surface area (Å²) in [7, 11) is 0. The molecule has 2 N–H and O–H groups in total. The molecule has 0 radical (unpaired) electrons. The van der Waals surface area contributed by atoms with Crippen LogP contribution in [-0.4, -0.2) is 23.6 Å². The van der Waals surface area contributed by atoms with Crippen LogP contribution in [0.2, 0.25) is 0 Å². The summed E-state index contributed by atoms with van der Waals surface area (Å²) in [5.41, 5.74) is -1.68. The molecule has 5 rings (SSSR count). The average Bonchev–Trinajstić information content (AvgIpc) is 2.97. The number of allylic oxidation sites excluding steroid dienone is 2. The van der Waals surface area contributed by atoms with Crippen molar-refractivity contribution in [2.24, 2.45) is 34.5 Å². The minimum atomic E-state index is -0.915. The first kappa shape index (κ1) is 13.7. The summed E-state index contributed by atoms with van der Waals surface area (Å²) in [6.45, 7) is 3.81. The summed E-state index contributed by atoms with van der Waals surface area (Å²) >= 11 is 0. The molecule has 3 fully saturated rings. The van der Waals surface area contributed by atoms with Gasteiger partial charge in [-0.25, -0.2) is 0 Å². The number of amides is 4. The zero-order valence-electron chi connectivity index (χ0n) is 12.5. The Morgan fingerprint density at radius 3 is 2.27 bits per heavy atom. The van der Waals surface area contributed by atoms with Gasteiger partial charge in [0.1, 0.15) is 0 Å². The molecule has 6 unspecified atom stereocenters. The molecule has 116 valence electrons. The van der Waals surface area contributed by atoms with Gasteiger partial charge in [-0.15, -0.1) is 0 Å². The standard InChI is InChI=1S/C16H18N2O4/c1-3-15-6-5-7(8-10(15)13(21)17-11(8)19)9-12(20)18-14(22)16(9,15)4-2/h5-10H,3-4H2,1-2H3,(H,17,19,21)(H,18,20,22). The van der Waals surface area contributed by atoms with Crippen molar-refractivity contribution in [2.75, 3.05) is 0 Å². The van der Waals surface area contributed by atoms with Gasteiger partial charge < -0.3 is 0 Å². The summed E-state index contributed by atoms with van der Waals surface area (Å²) in [5.74, 6) is -3.20. The molecular formula is C16H18N2O4. The van der Waals surface area contributed by atoms with E-state index >= 15 is 0 Å². The average molecular weight is 302 g/mol. The molecule has 3 aliphatic carbocycles. The third kappa shape index (κ3) is 1.10. The number of hydrogen-bond donors (Lipinski definition) is 2. The number of rotatable bonds is 2. The van der Waals surface area contributed by atoms with Crippen LogP contribution in [0.3, 0.4) is 0 Å². The van der Waals surface area contributed by atoms with E-state index in [4.69, 9.17) is 0 Å². The lowest BCUT2D eigenvalue weighted by molar-refractivity contribution is -0.167. The van der Waals surface area contributed by atoms with E-state index in [0.29, 0.717) is 12.8 Å². The highest BCUT2D eigenvalue weighted by atomic mass is 16.2. The lowest BCUT2D eigenvalue weighted by atomic mass is 9.39. The molecular weight excluding hydrogens is 284 g/mol. The van der Waals surface area contributed by atoms with Gasteiger partial charge in [-0.05, 0) is 12.8 Å². The summed E-state index contributed by atoms with van der Waals surface area (Å²) in [5, 5.41) is 4.89. The normalized spacial score (nSPS) is 48.3. The zero-order chi connectivity index (χ0) is 15.9. The lowest BCUT2D eigenvalue weighted by Crippen LogP contribution is -2.64. The van der Waals surface area contributed by atoms with Crippen LogP contribution in [0, 0.1) is 34.5 Å². The fourth-order valence-electron chi connectivity index (χ4n) is 5.83. The molecule has 4 amide bonds. The van der Waals surface area contributed by atoms with Crippen LogP contribution in [0.1, 0.15) is 26.7 Å². The van der Waals surface area contributed by atoms with Gasteiger partial charge >= 0.3 is 0 Å². The Bertz CT molecular complexity index is 663. The second-order valence-corrected chi connectivity index (χ2v) is 6.81. The minimum Gasteiger partial charge on any atom is -0.296 e. The van der Waals surface area contributed by atoms with Gasteiger partial charge in [-0.3, -0.25) is 29.8 Å². The quantitative estimate of drug-likeness (QED) is 0.560. The summed E-state index contributed by atoms with van der Waals surface area (Å²) in [6, 6.07) is 0. The van der Waals surface area contributed by atoms with Crippen LogP contribution < -0.4 is 10.6 Å². The van der Waals surface area contributed by atoms with Crippen molar-refractivity contribution in [3.8, 4) is 0 Å². The Morgan fingerprint density at radius 2 is 1.64 bits per heavy atom. The highest BCUT2D eigenvalue weighted by Crippen LogP contribution is 2.69.